The molecular weight excluding hydrogens is 400 g/mol. The van der Waals surface area contributed by atoms with E-state index in [2.05, 4.69) is 5.32 Å². The van der Waals surface area contributed by atoms with Gasteiger partial charge in [0, 0.05) is 13.6 Å². The van der Waals surface area contributed by atoms with Crippen molar-refractivity contribution in [3.63, 3.8) is 0 Å². The molecular formula is C23H22N2O4S. The Morgan fingerprint density at radius 3 is 2.53 bits per heavy atom. The summed E-state index contributed by atoms with van der Waals surface area (Å²) in [6, 6.07) is 17.7. The maximum absolute atomic E-state index is 13.3. The number of nitrogens with zero attached hydrogens (tertiary/aromatic N) is 1. The minimum absolute atomic E-state index is 0.194. The smallest absolute Gasteiger partial charge is 0.262 e. The van der Waals surface area contributed by atoms with Crippen LogP contribution in [0.3, 0.4) is 0 Å². The van der Waals surface area contributed by atoms with Crippen LogP contribution in [0.4, 0.5) is 0 Å². The SMILES string of the molecule is CN(Cc1ccc2c(c1)OCCO2)C(=O)C(NC(=O)c1cccs1)c1ccccc1. The van der Waals surface area contributed by atoms with E-state index < -0.39 is 6.04 Å². The maximum atomic E-state index is 13.3. The molecule has 0 fully saturated rings. The molecule has 3 aromatic rings. The van der Waals surface area contributed by atoms with Gasteiger partial charge in [-0.1, -0.05) is 42.5 Å². The largest absolute Gasteiger partial charge is 0.486 e. The van der Waals surface area contributed by atoms with Crippen LogP contribution in [0.25, 0.3) is 0 Å². The molecule has 6 nitrogen and oxygen atoms in total. The topological polar surface area (TPSA) is 67.9 Å². The number of carbonyl (C=O) groups is 2. The number of fused-ring (bicyclic) bond motifs is 1. The van der Waals surface area contributed by atoms with Gasteiger partial charge in [0.1, 0.15) is 19.3 Å². The lowest BCUT2D eigenvalue weighted by Crippen LogP contribution is -2.41. The molecule has 0 saturated carbocycles. The summed E-state index contributed by atoms with van der Waals surface area (Å²) in [6.07, 6.45) is 0. The summed E-state index contributed by atoms with van der Waals surface area (Å²) in [7, 11) is 1.73. The molecule has 2 aromatic carbocycles. The minimum Gasteiger partial charge on any atom is -0.486 e. The summed E-state index contributed by atoms with van der Waals surface area (Å²) >= 11 is 1.34. The molecule has 0 bridgehead atoms. The maximum Gasteiger partial charge on any atom is 0.262 e. The molecule has 2 amide bonds. The summed E-state index contributed by atoms with van der Waals surface area (Å²) in [4.78, 5) is 28.1. The Balaban J connectivity index is 1.52. The Kier molecular flexibility index (Phi) is 5.99. The molecule has 1 unspecified atom stereocenters. The molecule has 0 spiro atoms. The second-order valence-electron chi connectivity index (χ2n) is 6.97. The Hall–Kier alpha value is -3.32. The van der Waals surface area contributed by atoms with Gasteiger partial charge in [-0.05, 0) is 34.7 Å². The van der Waals surface area contributed by atoms with Crippen molar-refractivity contribution in [1.29, 1.82) is 0 Å². The normalized spacial score (nSPS) is 13.4. The molecule has 1 aliphatic rings. The quantitative estimate of drug-likeness (QED) is 0.659. The number of thiophene rings is 1. The first-order valence-corrected chi connectivity index (χ1v) is 10.5. The van der Waals surface area contributed by atoms with Gasteiger partial charge in [-0.15, -0.1) is 11.3 Å². The molecule has 30 heavy (non-hydrogen) atoms. The fourth-order valence-electron chi connectivity index (χ4n) is 3.30. The van der Waals surface area contributed by atoms with E-state index in [4.69, 9.17) is 9.47 Å². The Morgan fingerprint density at radius 1 is 1.03 bits per heavy atom. The van der Waals surface area contributed by atoms with Gasteiger partial charge < -0.3 is 19.7 Å². The van der Waals surface area contributed by atoms with Crippen LogP contribution >= 0.6 is 11.3 Å². The number of likely N-dealkylation sites (N-methyl/N-ethyl adjacent to an activating group) is 1. The number of carbonyl (C=O) groups excluding carboxylic acids is 2. The van der Waals surface area contributed by atoms with Crippen LogP contribution < -0.4 is 14.8 Å². The Morgan fingerprint density at radius 2 is 1.80 bits per heavy atom. The first-order chi connectivity index (χ1) is 14.6. The summed E-state index contributed by atoms with van der Waals surface area (Å²) in [5.74, 6) is 0.940. The molecule has 4 rings (SSSR count). The highest BCUT2D eigenvalue weighted by molar-refractivity contribution is 7.12. The fraction of sp³-hybridized carbons (Fsp3) is 0.217. The van der Waals surface area contributed by atoms with Gasteiger partial charge in [-0.25, -0.2) is 0 Å². The average Bonchev–Trinajstić information content (AvgIpc) is 3.32. The van der Waals surface area contributed by atoms with Gasteiger partial charge in [0.25, 0.3) is 5.91 Å². The molecule has 7 heteroatoms. The zero-order chi connectivity index (χ0) is 20.9. The van der Waals surface area contributed by atoms with Gasteiger partial charge in [-0.2, -0.15) is 0 Å². The highest BCUT2D eigenvalue weighted by Gasteiger charge is 2.27. The number of ether oxygens (including phenoxy) is 2. The van der Waals surface area contributed by atoms with Gasteiger partial charge in [0.2, 0.25) is 5.91 Å². The van der Waals surface area contributed by atoms with Crippen LogP contribution in [0, 0.1) is 0 Å². The summed E-state index contributed by atoms with van der Waals surface area (Å²) in [5.41, 5.74) is 1.66. The standard InChI is InChI=1S/C23H22N2O4S/c1-25(15-16-9-10-18-19(14-16)29-12-11-28-18)23(27)21(17-6-3-2-4-7-17)24-22(26)20-8-5-13-30-20/h2-10,13-14,21H,11-12,15H2,1H3,(H,24,26). The second-order valence-corrected chi connectivity index (χ2v) is 7.91. The Labute approximate surface area is 179 Å². The molecule has 2 heterocycles. The lowest BCUT2D eigenvalue weighted by molar-refractivity contribution is -0.132. The van der Waals surface area contributed by atoms with Crippen LogP contribution in [-0.4, -0.2) is 37.0 Å². The molecule has 0 radical (unpaired) electrons. The number of hydrogen-bond acceptors (Lipinski definition) is 5. The van der Waals surface area contributed by atoms with Crippen molar-refractivity contribution in [2.45, 2.75) is 12.6 Å². The summed E-state index contributed by atoms with van der Waals surface area (Å²) in [5, 5.41) is 4.72. The van der Waals surface area contributed by atoms with Crippen LogP contribution in [0.1, 0.15) is 26.8 Å². The third-order valence-corrected chi connectivity index (χ3v) is 5.67. The monoisotopic (exact) mass is 422 g/mol. The van der Waals surface area contributed by atoms with E-state index in [1.807, 2.05) is 60.0 Å². The molecule has 1 aromatic heterocycles. The number of nitrogens with one attached hydrogen (secondary N) is 1. The highest BCUT2D eigenvalue weighted by Crippen LogP contribution is 2.31. The van der Waals surface area contributed by atoms with E-state index in [1.165, 1.54) is 11.3 Å². The van der Waals surface area contributed by atoms with Gasteiger partial charge >= 0.3 is 0 Å². The summed E-state index contributed by atoms with van der Waals surface area (Å²) < 4.78 is 11.2. The van der Waals surface area contributed by atoms with Crippen molar-refractivity contribution in [2.75, 3.05) is 20.3 Å². The third kappa shape index (κ3) is 4.46. The lowest BCUT2D eigenvalue weighted by atomic mass is 10.0. The van der Waals surface area contributed by atoms with Gasteiger partial charge in [0.15, 0.2) is 11.5 Å². The van der Waals surface area contributed by atoms with Crippen molar-refractivity contribution in [1.82, 2.24) is 10.2 Å². The van der Waals surface area contributed by atoms with E-state index in [1.54, 1.807) is 18.0 Å². The first kappa shape index (κ1) is 20.0. The summed E-state index contributed by atoms with van der Waals surface area (Å²) in [6.45, 7) is 1.43. The molecule has 0 aliphatic carbocycles. The lowest BCUT2D eigenvalue weighted by Gasteiger charge is -2.25. The van der Waals surface area contributed by atoms with E-state index in [0.29, 0.717) is 36.1 Å². The van der Waals surface area contributed by atoms with Crippen molar-refractivity contribution < 1.29 is 19.1 Å². The van der Waals surface area contributed by atoms with E-state index in [-0.39, 0.29) is 11.8 Å². The van der Waals surface area contributed by atoms with Crippen LogP contribution in [0.5, 0.6) is 11.5 Å². The second kappa shape index (κ2) is 9.00. The Bertz CT molecular complexity index is 1020. The molecule has 1 atom stereocenters. The third-order valence-electron chi connectivity index (χ3n) is 4.80. The zero-order valence-corrected chi connectivity index (χ0v) is 17.4. The van der Waals surface area contributed by atoms with Crippen molar-refractivity contribution in [3.05, 3.63) is 82.0 Å². The van der Waals surface area contributed by atoms with E-state index >= 15 is 0 Å². The predicted molar refractivity (Wildman–Crippen MR) is 115 cm³/mol. The van der Waals surface area contributed by atoms with Crippen molar-refractivity contribution in [2.24, 2.45) is 0 Å². The van der Waals surface area contributed by atoms with Crippen LogP contribution in [-0.2, 0) is 11.3 Å². The molecule has 0 saturated heterocycles. The van der Waals surface area contributed by atoms with E-state index in [9.17, 15) is 9.59 Å². The molecule has 1 N–H and O–H groups in total. The van der Waals surface area contributed by atoms with Crippen LogP contribution in [0.15, 0.2) is 66.0 Å². The number of benzene rings is 2. The van der Waals surface area contributed by atoms with Gasteiger partial charge in [-0.3, -0.25) is 9.59 Å². The van der Waals surface area contributed by atoms with Crippen molar-refractivity contribution >= 4 is 23.2 Å². The van der Waals surface area contributed by atoms with Crippen molar-refractivity contribution in [3.8, 4) is 11.5 Å². The molecule has 154 valence electrons. The average molecular weight is 423 g/mol. The fourth-order valence-corrected chi connectivity index (χ4v) is 3.93. The van der Waals surface area contributed by atoms with Crippen LogP contribution in [0.2, 0.25) is 0 Å². The number of amides is 2. The van der Waals surface area contributed by atoms with Gasteiger partial charge in [0.05, 0.1) is 4.88 Å². The number of hydrogen-bond donors (Lipinski definition) is 1. The number of rotatable bonds is 6. The zero-order valence-electron chi connectivity index (χ0n) is 16.5. The highest BCUT2D eigenvalue weighted by atomic mass is 32.1. The minimum atomic E-state index is -0.775. The van der Waals surface area contributed by atoms with E-state index in [0.717, 1.165) is 11.1 Å². The molecule has 1 aliphatic heterocycles. The predicted octanol–water partition coefficient (Wildman–Crippen LogP) is 3.65. The first-order valence-electron chi connectivity index (χ1n) is 9.64.